The standard InChI is InChI=1S/C17H17NO4S/c1-22-17(19)15-7-8-16-14(11-15)9-10-18(16)23(20,21)12-13-5-3-2-4-6-13/h2-8,11H,9-10,12H2,1H3. The summed E-state index contributed by atoms with van der Waals surface area (Å²) in [6.07, 6.45) is 0.591. The molecule has 0 aromatic heterocycles. The molecule has 2 aromatic rings. The van der Waals surface area contributed by atoms with Crippen LogP contribution in [0.4, 0.5) is 5.69 Å². The molecular formula is C17H17NO4S. The van der Waals surface area contributed by atoms with E-state index in [1.54, 1.807) is 30.3 Å². The zero-order valence-electron chi connectivity index (χ0n) is 12.7. The maximum absolute atomic E-state index is 12.7. The van der Waals surface area contributed by atoms with E-state index in [9.17, 15) is 13.2 Å². The van der Waals surface area contributed by atoms with Crippen molar-refractivity contribution in [2.75, 3.05) is 18.0 Å². The highest BCUT2D eigenvalue weighted by atomic mass is 32.2. The minimum atomic E-state index is -3.45. The average Bonchev–Trinajstić information content (AvgIpc) is 2.98. The second-order valence-corrected chi connectivity index (χ2v) is 7.29. The third-order valence-electron chi connectivity index (χ3n) is 3.88. The zero-order valence-corrected chi connectivity index (χ0v) is 13.5. The molecule has 0 radical (unpaired) electrons. The summed E-state index contributed by atoms with van der Waals surface area (Å²) in [4.78, 5) is 11.6. The fourth-order valence-electron chi connectivity index (χ4n) is 2.77. The molecule has 0 atom stereocenters. The molecular weight excluding hydrogens is 314 g/mol. The summed E-state index contributed by atoms with van der Waals surface area (Å²) in [7, 11) is -2.12. The number of hydrogen-bond donors (Lipinski definition) is 0. The van der Waals surface area contributed by atoms with Gasteiger partial charge >= 0.3 is 5.97 Å². The van der Waals surface area contributed by atoms with Crippen molar-refractivity contribution in [3.63, 3.8) is 0 Å². The first-order chi connectivity index (χ1) is 11.0. The van der Waals surface area contributed by atoms with Crippen LogP contribution in [0, 0.1) is 0 Å². The quantitative estimate of drug-likeness (QED) is 0.807. The number of carbonyl (C=O) groups is 1. The van der Waals surface area contributed by atoms with Gasteiger partial charge in [-0.1, -0.05) is 30.3 Å². The number of methoxy groups -OCH3 is 1. The second-order valence-electron chi connectivity index (χ2n) is 5.40. The van der Waals surface area contributed by atoms with Crippen molar-refractivity contribution in [2.24, 2.45) is 0 Å². The molecule has 0 saturated heterocycles. The highest BCUT2D eigenvalue weighted by molar-refractivity contribution is 7.92. The number of ether oxygens (including phenoxy) is 1. The van der Waals surface area contributed by atoms with Gasteiger partial charge in [0, 0.05) is 6.54 Å². The monoisotopic (exact) mass is 331 g/mol. The molecule has 23 heavy (non-hydrogen) atoms. The van der Waals surface area contributed by atoms with Crippen LogP contribution in [0.5, 0.6) is 0 Å². The molecule has 0 unspecified atom stereocenters. The van der Waals surface area contributed by atoms with E-state index in [0.29, 0.717) is 24.2 Å². The van der Waals surface area contributed by atoms with Crippen LogP contribution >= 0.6 is 0 Å². The number of hydrogen-bond acceptors (Lipinski definition) is 4. The topological polar surface area (TPSA) is 63.7 Å². The van der Waals surface area contributed by atoms with Crippen LogP contribution in [0.3, 0.4) is 0 Å². The van der Waals surface area contributed by atoms with E-state index in [2.05, 4.69) is 0 Å². The fourth-order valence-corrected chi connectivity index (χ4v) is 4.38. The first kappa shape index (κ1) is 15.6. The van der Waals surface area contributed by atoms with E-state index in [4.69, 9.17) is 4.74 Å². The van der Waals surface area contributed by atoms with E-state index in [1.807, 2.05) is 18.2 Å². The maximum atomic E-state index is 12.7. The number of fused-ring (bicyclic) bond motifs is 1. The molecule has 3 rings (SSSR count). The second kappa shape index (κ2) is 6.04. The van der Waals surface area contributed by atoms with Gasteiger partial charge in [0.2, 0.25) is 10.0 Å². The molecule has 0 spiro atoms. The van der Waals surface area contributed by atoms with Crippen LogP contribution in [0.25, 0.3) is 0 Å². The minimum absolute atomic E-state index is 0.0357. The molecule has 2 aromatic carbocycles. The smallest absolute Gasteiger partial charge is 0.337 e. The summed E-state index contributed by atoms with van der Waals surface area (Å²) in [6.45, 7) is 0.398. The van der Waals surface area contributed by atoms with Gasteiger partial charge in [-0.3, -0.25) is 4.31 Å². The number of anilines is 1. The lowest BCUT2D eigenvalue weighted by atomic mass is 10.1. The number of sulfonamides is 1. The predicted molar refractivity (Wildman–Crippen MR) is 87.9 cm³/mol. The predicted octanol–water partition coefficient (Wildman–Crippen LogP) is 2.37. The molecule has 1 aliphatic rings. The van der Waals surface area contributed by atoms with E-state index >= 15 is 0 Å². The van der Waals surface area contributed by atoms with Crippen LogP contribution < -0.4 is 4.31 Å². The Morgan fingerprint density at radius 2 is 1.91 bits per heavy atom. The van der Waals surface area contributed by atoms with Gasteiger partial charge in [-0.2, -0.15) is 0 Å². The summed E-state index contributed by atoms with van der Waals surface area (Å²) in [5, 5.41) is 0. The lowest BCUT2D eigenvalue weighted by Gasteiger charge is -2.19. The van der Waals surface area contributed by atoms with Crippen LogP contribution in [0.15, 0.2) is 48.5 Å². The number of rotatable bonds is 4. The number of esters is 1. The van der Waals surface area contributed by atoms with Gasteiger partial charge in [0.05, 0.1) is 24.1 Å². The number of benzene rings is 2. The molecule has 0 amide bonds. The van der Waals surface area contributed by atoms with Crippen molar-refractivity contribution >= 4 is 21.7 Å². The van der Waals surface area contributed by atoms with Gasteiger partial charge in [0.1, 0.15) is 0 Å². The van der Waals surface area contributed by atoms with Gasteiger partial charge in [-0.05, 0) is 35.7 Å². The van der Waals surface area contributed by atoms with E-state index in [1.165, 1.54) is 11.4 Å². The fraction of sp³-hybridized carbons (Fsp3) is 0.235. The Hall–Kier alpha value is -2.34. The SMILES string of the molecule is COC(=O)c1ccc2c(c1)CCN2S(=O)(=O)Cc1ccccc1. The molecule has 0 bridgehead atoms. The summed E-state index contributed by atoms with van der Waals surface area (Å²) >= 11 is 0. The molecule has 1 aliphatic heterocycles. The van der Waals surface area contributed by atoms with Crippen molar-refractivity contribution in [2.45, 2.75) is 12.2 Å². The first-order valence-electron chi connectivity index (χ1n) is 7.27. The van der Waals surface area contributed by atoms with Crippen LogP contribution in [-0.4, -0.2) is 28.0 Å². The molecule has 120 valence electrons. The Bertz CT molecular complexity index is 831. The number of nitrogens with zero attached hydrogens (tertiary/aromatic N) is 1. The molecule has 0 aliphatic carbocycles. The van der Waals surface area contributed by atoms with Gasteiger partial charge in [0.15, 0.2) is 0 Å². The largest absolute Gasteiger partial charge is 0.465 e. The van der Waals surface area contributed by atoms with Crippen molar-refractivity contribution in [3.8, 4) is 0 Å². The molecule has 0 N–H and O–H groups in total. The van der Waals surface area contributed by atoms with Crippen molar-refractivity contribution in [1.82, 2.24) is 0 Å². The normalized spacial score (nSPS) is 13.7. The Kier molecular flexibility index (Phi) is 4.09. The van der Waals surface area contributed by atoms with Gasteiger partial charge < -0.3 is 4.74 Å². The van der Waals surface area contributed by atoms with Crippen LogP contribution in [0.2, 0.25) is 0 Å². The van der Waals surface area contributed by atoms with Crippen molar-refractivity contribution in [3.05, 3.63) is 65.2 Å². The van der Waals surface area contributed by atoms with Crippen LogP contribution in [-0.2, 0) is 26.9 Å². The van der Waals surface area contributed by atoms with Crippen molar-refractivity contribution in [1.29, 1.82) is 0 Å². The molecule has 6 heteroatoms. The summed E-state index contributed by atoms with van der Waals surface area (Å²) in [5.74, 6) is -0.454. The lowest BCUT2D eigenvalue weighted by Crippen LogP contribution is -2.30. The van der Waals surface area contributed by atoms with E-state index in [-0.39, 0.29) is 5.75 Å². The molecule has 0 fully saturated rings. The first-order valence-corrected chi connectivity index (χ1v) is 8.88. The van der Waals surface area contributed by atoms with Gasteiger partial charge in [0.25, 0.3) is 0 Å². The zero-order chi connectivity index (χ0) is 16.4. The van der Waals surface area contributed by atoms with Crippen LogP contribution in [0.1, 0.15) is 21.5 Å². The van der Waals surface area contributed by atoms with E-state index < -0.39 is 16.0 Å². The summed E-state index contributed by atoms with van der Waals surface area (Å²) in [6, 6.07) is 14.1. The van der Waals surface area contributed by atoms with E-state index in [0.717, 1.165) is 11.1 Å². The Balaban J connectivity index is 1.88. The maximum Gasteiger partial charge on any atom is 0.337 e. The Labute approximate surface area is 135 Å². The number of carbonyl (C=O) groups excluding carboxylic acids is 1. The third kappa shape index (κ3) is 3.07. The molecule has 1 heterocycles. The third-order valence-corrected chi connectivity index (χ3v) is 5.63. The Morgan fingerprint density at radius 3 is 2.61 bits per heavy atom. The summed E-state index contributed by atoms with van der Waals surface area (Å²) in [5.41, 5.74) is 2.69. The summed E-state index contributed by atoms with van der Waals surface area (Å²) < 4.78 is 31.5. The van der Waals surface area contributed by atoms with Gasteiger partial charge in [-0.15, -0.1) is 0 Å². The van der Waals surface area contributed by atoms with Crippen molar-refractivity contribution < 1.29 is 17.9 Å². The van der Waals surface area contributed by atoms with Gasteiger partial charge in [-0.25, -0.2) is 13.2 Å². The molecule has 5 nitrogen and oxygen atoms in total. The highest BCUT2D eigenvalue weighted by Crippen LogP contribution is 2.32. The highest BCUT2D eigenvalue weighted by Gasteiger charge is 2.30. The minimum Gasteiger partial charge on any atom is -0.465 e. The molecule has 0 saturated carbocycles. The Morgan fingerprint density at radius 1 is 1.17 bits per heavy atom. The average molecular weight is 331 g/mol. The lowest BCUT2D eigenvalue weighted by molar-refractivity contribution is 0.0600.